The van der Waals surface area contributed by atoms with Crippen molar-refractivity contribution in [1.82, 2.24) is 31.5 Å². The molecule has 1 aromatic rings. The third-order valence-corrected chi connectivity index (χ3v) is 5.14. The lowest BCUT2D eigenvalue weighted by Gasteiger charge is -2.29. The second-order valence-corrected chi connectivity index (χ2v) is 7.14. The van der Waals surface area contributed by atoms with Crippen LogP contribution < -0.4 is 21.3 Å². The molecular formula is C19H26N6O3. The first-order chi connectivity index (χ1) is 13.7. The molecule has 1 aliphatic carbocycles. The Labute approximate surface area is 163 Å². The lowest BCUT2D eigenvalue weighted by atomic mass is 10.0. The van der Waals surface area contributed by atoms with Gasteiger partial charge < -0.3 is 30.7 Å². The van der Waals surface area contributed by atoms with E-state index in [9.17, 15) is 4.79 Å². The Morgan fingerprint density at radius 3 is 3.07 bits per heavy atom. The van der Waals surface area contributed by atoms with Crippen LogP contribution in [-0.4, -0.2) is 55.0 Å². The zero-order valence-electron chi connectivity index (χ0n) is 15.8. The number of allylic oxidation sites excluding steroid dienone is 2. The maximum absolute atomic E-state index is 12.4. The molecule has 3 heterocycles. The second kappa shape index (κ2) is 8.49. The third-order valence-electron chi connectivity index (χ3n) is 5.14. The first-order valence-electron chi connectivity index (χ1n) is 9.51. The predicted octanol–water partition coefficient (Wildman–Crippen LogP) is 0.934. The Bertz CT molecular complexity index is 786. The Morgan fingerprint density at radius 1 is 1.32 bits per heavy atom. The van der Waals surface area contributed by atoms with Crippen LogP contribution in [0.3, 0.4) is 0 Å². The molecule has 1 aromatic heterocycles. The number of nitrogens with zero attached hydrogens (tertiary/aromatic N) is 1. The van der Waals surface area contributed by atoms with E-state index in [1.807, 2.05) is 18.3 Å². The average molecular weight is 386 g/mol. The standard InChI is InChI=1S/C19H26N6O3/c1-27-11-28-15-3-2-14(7-15)23-19(26)25-18-5-4-16-17(24-18)6-12(8-20-16)13-9-21-22-10-13/h4-6,9-10,14-15,18,20,24H,2-3,7-8,11H2,1H3,(H,21,22)(H2,23,25,26)/t14-,15+,18?/m1/s1. The van der Waals surface area contributed by atoms with Crippen molar-refractivity contribution in [1.29, 1.82) is 0 Å². The van der Waals surface area contributed by atoms with Crippen LogP contribution >= 0.6 is 0 Å². The molecule has 0 saturated heterocycles. The van der Waals surface area contributed by atoms with Gasteiger partial charge in [0.15, 0.2) is 0 Å². The summed E-state index contributed by atoms with van der Waals surface area (Å²) in [5.41, 5.74) is 4.14. The van der Waals surface area contributed by atoms with Crippen LogP contribution in [0.5, 0.6) is 0 Å². The molecule has 0 bridgehead atoms. The van der Waals surface area contributed by atoms with Crippen LogP contribution in [0, 0.1) is 0 Å². The minimum absolute atomic E-state index is 0.119. The minimum atomic E-state index is -0.276. The van der Waals surface area contributed by atoms with E-state index in [1.165, 1.54) is 0 Å². The number of methoxy groups -OCH3 is 1. The fourth-order valence-corrected chi connectivity index (χ4v) is 3.72. The molecule has 9 nitrogen and oxygen atoms in total. The van der Waals surface area contributed by atoms with Gasteiger partial charge in [0.05, 0.1) is 23.7 Å². The molecule has 2 aliphatic heterocycles. The van der Waals surface area contributed by atoms with Gasteiger partial charge in [0, 0.05) is 31.5 Å². The van der Waals surface area contributed by atoms with Gasteiger partial charge >= 0.3 is 6.03 Å². The Balaban J connectivity index is 1.28. The van der Waals surface area contributed by atoms with Gasteiger partial charge in [-0.2, -0.15) is 5.10 Å². The first kappa shape index (κ1) is 18.6. The highest BCUT2D eigenvalue weighted by atomic mass is 16.7. The van der Waals surface area contributed by atoms with Crippen LogP contribution in [0.25, 0.3) is 5.57 Å². The molecule has 4 rings (SSSR count). The van der Waals surface area contributed by atoms with E-state index in [0.717, 1.165) is 48.3 Å². The van der Waals surface area contributed by atoms with Gasteiger partial charge in [-0.1, -0.05) is 0 Å². The normalized spacial score (nSPS) is 26.2. The number of nitrogens with one attached hydrogen (secondary N) is 5. The summed E-state index contributed by atoms with van der Waals surface area (Å²) in [5, 5.41) is 19.6. The maximum Gasteiger partial charge on any atom is 0.316 e. The number of H-pyrrole nitrogens is 1. The van der Waals surface area contributed by atoms with Gasteiger partial charge in [-0.15, -0.1) is 0 Å². The zero-order chi connectivity index (χ0) is 19.3. The van der Waals surface area contributed by atoms with E-state index < -0.39 is 0 Å². The molecule has 0 radical (unpaired) electrons. The fourth-order valence-electron chi connectivity index (χ4n) is 3.72. The van der Waals surface area contributed by atoms with Crippen molar-refractivity contribution in [3.63, 3.8) is 0 Å². The summed E-state index contributed by atoms with van der Waals surface area (Å²) >= 11 is 0. The highest BCUT2D eigenvalue weighted by molar-refractivity contribution is 5.75. The highest BCUT2D eigenvalue weighted by Crippen LogP contribution is 2.23. The number of hydrogen-bond acceptors (Lipinski definition) is 6. The molecule has 150 valence electrons. The third kappa shape index (κ3) is 4.37. The molecule has 1 fully saturated rings. The summed E-state index contributed by atoms with van der Waals surface area (Å²) in [6.07, 6.45) is 12.2. The summed E-state index contributed by atoms with van der Waals surface area (Å²) in [6.45, 7) is 1.02. The molecule has 9 heteroatoms. The van der Waals surface area contributed by atoms with Crippen molar-refractivity contribution in [3.05, 3.63) is 47.6 Å². The van der Waals surface area contributed by atoms with Gasteiger partial charge in [-0.25, -0.2) is 4.79 Å². The summed E-state index contributed by atoms with van der Waals surface area (Å²) < 4.78 is 10.5. The summed E-state index contributed by atoms with van der Waals surface area (Å²) in [7, 11) is 1.61. The highest BCUT2D eigenvalue weighted by Gasteiger charge is 2.27. The molecule has 0 aromatic carbocycles. The van der Waals surface area contributed by atoms with Gasteiger partial charge in [0.25, 0.3) is 0 Å². The van der Waals surface area contributed by atoms with Crippen molar-refractivity contribution in [2.45, 2.75) is 37.6 Å². The number of aromatic amines is 1. The smallest absolute Gasteiger partial charge is 0.316 e. The minimum Gasteiger partial charge on any atom is -0.379 e. The molecule has 3 aliphatic rings. The number of ether oxygens (including phenoxy) is 2. The SMILES string of the molecule is COCO[C@H]1CC[C@@H](NC(=O)NC2C=CC3=C(C=C(c4cn[nH]c4)CN3)N2)C1. The lowest BCUT2D eigenvalue weighted by molar-refractivity contribution is -0.0691. The van der Waals surface area contributed by atoms with Gasteiger partial charge in [-0.3, -0.25) is 5.10 Å². The quantitative estimate of drug-likeness (QED) is 0.465. The topological polar surface area (TPSA) is 112 Å². The van der Waals surface area contributed by atoms with Gasteiger partial charge in [-0.05, 0) is 43.1 Å². The number of hydrogen-bond donors (Lipinski definition) is 5. The molecule has 1 unspecified atom stereocenters. The largest absolute Gasteiger partial charge is 0.379 e. The Hall–Kier alpha value is -2.78. The molecule has 2 amide bonds. The fraction of sp³-hybridized carbons (Fsp3) is 0.474. The van der Waals surface area contributed by atoms with Crippen LogP contribution in [0.4, 0.5) is 4.79 Å². The number of dihydropyridines is 2. The summed E-state index contributed by atoms with van der Waals surface area (Å²) in [6, 6.07) is -0.0699. The lowest BCUT2D eigenvalue weighted by Crippen LogP contribution is -2.51. The molecule has 1 saturated carbocycles. The molecule has 3 atom stereocenters. The van der Waals surface area contributed by atoms with E-state index in [-0.39, 0.29) is 24.3 Å². The van der Waals surface area contributed by atoms with Crippen molar-refractivity contribution < 1.29 is 14.3 Å². The van der Waals surface area contributed by atoms with Gasteiger partial charge in [0.2, 0.25) is 0 Å². The summed E-state index contributed by atoms with van der Waals surface area (Å²) in [4.78, 5) is 12.4. The molecular weight excluding hydrogens is 360 g/mol. The number of aromatic nitrogens is 2. The summed E-state index contributed by atoms with van der Waals surface area (Å²) in [5.74, 6) is 0. The van der Waals surface area contributed by atoms with E-state index in [1.54, 1.807) is 13.3 Å². The van der Waals surface area contributed by atoms with E-state index in [0.29, 0.717) is 6.79 Å². The van der Waals surface area contributed by atoms with E-state index >= 15 is 0 Å². The van der Waals surface area contributed by atoms with Crippen molar-refractivity contribution >= 4 is 11.6 Å². The van der Waals surface area contributed by atoms with Crippen molar-refractivity contribution in [3.8, 4) is 0 Å². The Morgan fingerprint density at radius 2 is 2.25 bits per heavy atom. The van der Waals surface area contributed by atoms with Crippen LogP contribution in [0.15, 0.2) is 42.0 Å². The number of carbonyl (C=O) groups excluding carboxylic acids is 1. The number of carbonyl (C=O) groups is 1. The van der Waals surface area contributed by atoms with E-state index in [2.05, 4.69) is 37.5 Å². The van der Waals surface area contributed by atoms with Crippen molar-refractivity contribution in [2.24, 2.45) is 0 Å². The maximum atomic E-state index is 12.4. The van der Waals surface area contributed by atoms with E-state index in [4.69, 9.17) is 9.47 Å². The molecule has 0 spiro atoms. The number of urea groups is 1. The average Bonchev–Trinajstić information content (AvgIpc) is 3.38. The predicted molar refractivity (Wildman–Crippen MR) is 104 cm³/mol. The van der Waals surface area contributed by atoms with Crippen molar-refractivity contribution in [2.75, 3.05) is 20.4 Å². The first-order valence-corrected chi connectivity index (χ1v) is 9.51. The van der Waals surface area contributed by atoms with Crippen LogP contribution in [-0.2, 0) is 9.47 Å². The van der Waals surface area contributed by atoms with Gasteiger partial charge in [0.1, 0.15) is 13.0 Å². The zero-order valence-corrected chi connectivity index (χ0v) is 15.8. The molecule has 28 heavy (non-hydrogen) atoms. The number of amides is 2. The second-order valence-electron chi connectivity index (χ2n) is 7.14. The Kier molecular flexibility index (Phi) is 5.63. The number of rotatable bonds is 6. The van der Waals surface area contributed by atoms with Crippen LogP contribution in [0.2, 0.25) is 0 Å². The van der Waals surface area contributed by atoms with Crippen LogP contribution in [0.1, 0.15) is 24.8 Å². The monoisotopic (exact) mass is 386 g/mol. The molecule has 5 N–H and O–H groups in total.